The van der Waals surface area contributed by atoms with Crippen molar-refractivity contribution in [2.75, 3.05) is 19.3 Å². The van der Waals surface area contributed by atoms with Gasteiger partial charge < -0.3 is 5.32 Å². The highest BCUT2D eigenvalue weighted by Crippen LogP contribution is 2.22. The molecule has 1 aromatic carbocycles. The largest absolute Gasteiger partial charge is 0.309 e. The smallest absolute Gasteiger partial charge is 0.211 e. The number of hydrogen-bond donors (Lipinski definition) is 1. The van der Waals surface area contributed by atoms with Crippen LogP contribution in [0.5, 0.6) is 0 Å². The van der Waals surface area contributed by atoms with Crippen LogP contribution in [0.2, 0.25) is 0 Å². The lowest BCUT2D eigenvalue weighted by Crippen LogP contribution is -2.50. The quantitative estimate of drug-likeness (QED) is 0.904. The Bertz CT molecular complexity index is 577. The van der Waals surface area contributed by atoms with Gasteiger partial charge in [0, 0.05) is 31.2 Å². The number of nitrogens with one attached hydrogen (secondary N) is 1. The Morgan fingerprint density at radius 1 is 1.38 bits per heavy atom. The van der Waals surface area contributed by atoms with Crippen LogP contribution >= 0.6 is 0 Å². The van der Waals surface area contributed by atoms with Gasteiger partial charge in [-0.25, -0.2) is 17.1 Å². The summed E-state index contributed by atoms with van der Waals surface area (Å²) < 4.78 is 38.4. The Hall–Kier alpha value is -0.980. The molecular formula is C15H23FN2O2S. The van der Waals surface area contributed by atoms with Gasteiger partial charge in [-0.05, 0) is 18.4 Å². The molecule has 0 radical (unpaired) electrons. The van der Waals surface area contributed by atoms with Gasteiger partial charge in [-0.1, -0.05) is 31.5 Å². The Labute approximate surface area is 126 Å². The molecule has 118 valence electrons. The normalized spacial score (nSPS) is 24.1. The number of benzene rings is 1. The standard InChI is InChI=1S/C15H23FN2O2S/c1-3-12-11-18(21(2,19)20)9-8-15(12)17-10-13-6-4-5-7-14(13)16/h4-7,12,15,17H,3,8-11H2,1-2H3/t12-,15+/m0/s1. The van der Waals surface area contributed by atoms with Crippen LogP contribution in [-0.4, -0.2) is 38.1 Å². The maximum Gasteiger partial charge on any atom is 0.211 e. The molecule has 21 heavy (non-hydrogen) atoms. The van der Waals surface area contributed by atoms with Crippen LogP contribution in [-0.2, 0) is 16.6 Å². The molecule has 2 rings (SSSR count). The number of sulfonamides is 1. The van der Waals surface area contributed by atoms with E-state index in [0.717, 1.165) is 12.8 Å². The van der Waals surface area contributed by atoms with Crippen molar-refractivity contribution in [3.8, 4) is 0 Å². The van der Waals surface area contributed by atoms with Crippen LogP contribution in [0.1, 0.15) is 25.3 Å². The van der Waals surface area contributed by atoms with Crippen molar-refractivity contribution in [2.24, 2.45) is 5.92 Å². The zero-order valence-electron chi connectivity index (χ0n) is 12.5. The fourth-order valence-corrected chi connectivity index (χ4v) is 3.76. The first-order valence-corrected chi connectivity index (χ1v) is 9.18. The van der Waals surface area contributed by atoms with E-state index in [9.17, 15) is 12.8 Å². The van der Waals surface area contributed by atoms with E-state index < -0.39 is 10.0 Å². The predicted molar refractivity (Wildman–Crippen MR) is 81.8 cm³/mol. The second kappa shape index (κ2) is 6.85. The van der Waals surface area contributed by atoms with Crippen molar-refractivity contribution in [1.82, 2.24) is 9.62 Å². The summed E-state index contributed by atoms with van der Waals surface area (Å²) in [5.41, 5.74) is 0.651. The van der Waals surface area contributed by atoms with E-state index in [1.807, 2.05) is 6.07 Å². The van der Waals surface area contributed by atoms with Crippen molar-refractivity contribution < 1.29 is 12.8 Å². The Kier molecular flexibility index (Phi) is 5.35. The zero-order valence-corrected chi connectivity index (χ0v) is 13.4. The molecule has 1 fully saturated rings. The summed E-state index contributed by atoms with van der Waals surface area (Å²) in [5, 5.41) is 3.39. The van der Waals surface area contributed by atoms with Crippen LogP contribution in [0.15, 0.2) is 24.3 Å². The number of rotatable bonds is 5. The minimum atomic E-state index is -3.12. The summed E-state index contributed by atoms with van der Waals surface area (Å²) in [6, 6.07) is 6.96. The predicted octanol–water partition coefficient (Wildman–Crippen LogP) is 1.98. The topological polar surface area (TPSA) is 49.4 Å². The van der Waals surface area contributed by atoms with E-state index in [0.29, 0.717) is 25.2 Å². The van der Waals surface area contributed by atoms with Gasteiger partial charge in [0.2, 0.25) is 10.0 Å². The van der Waals surface area contributed by atoms with Gasteiger partial charge in [0.05, 0.1) is 6.26 Å². The van der Waals surface area contributed by atoms with Crippen molar-refractivity contribution in [3.05, 3.63) is 35.6 Å². The third-order valence-electron chi connectivity index (χ3n) is 4.20. The molecule has 1 aromatic rings. The lowest BCUT2D eigenvalue weighted by molar-refractivity contribution is 0.201. The lowest BCUT2D eigenvalue weighted by atomic mass is 9.91. The minimum Gasteiger partial charge on any atom is -0.309 e. The van der Waals surface area contributed by atoms with Gasteiger partial charge in [0.1, 0.15) is 5.82 Å². The first kappa shape index (κ1) is 16.4. The minimum absolute atomic E-state index is 0.202. The summed E-state index contributed by atoms with van der Waals surface area (Å²) in [5.74, 6) is 0.0619. The number of nitrogens with zero attached hydrogens (tertiary/aromatic N) is 1. The van der Waals surface area contributed by atoms with Crippen LogP contribution in [0.4, 0.5) is 4.39 Å². The maximum atomic E-state index is 13.6. The molecule has 0 spiro atoms. The lowest BCUT2D eigenvalue weighted by Gasteiger charge is -2.37. The number of hydrogen-bond acceptors (Lipinski definition) is 3. The fraction of sp³-hybridized carbons (Fsp3) is 0.600. The molecule has 1 saturated heterocycles. The summed E-state index contributed by atoms with van der Waals surface area (Å²) in [6.45, 7) is 3.62. The molecule has 1 heterocycles. The average Bonchev–Trinajstić information content (AvgIpc) is 2.45. The Balaban J connectivity index is 1.97. The van der Waals surface area contributed by atoms with Crippen LogP contribution < -0.4 is 5.32 Å². The molecule has 0 unspecified atom stereocenters. The third kappa shape index (κ3) is 4.25. The highest BCUT2D eigenvalue weighted by atomic mass is 32.2. The molecule has 1 aliphatic rings. The first-order valence-electron chi connectivity index (χ1n) is 7.33. The summed E-state index contributed by atoms with van der Waals surface area (Å²) >= 11 is 0. The summed E-state index contributed by atoms with van der Waals surface area (Å²) in [6.07, 6.45) is 2.92. The molecule has 1 N–H and O–H groups in total. The SMILES string of the molecule is CC[C@H]1CN(S(C)(=O)=O)CC[C@H]1NCc1ccccc1F. The van der Waals surface area contributed by atoms with Gasteiger partial charge in [-0.15, -0.1) is 0 Å². The van der Waals surface area contributed by atoms with Gasteiger partial charge in [0.15, 0.2) is 0 Å². The molecule has 0 aromatic heterocycles. The molecule has 0 bridgehead atoms. The van der Waals surface area contributed by atoms with Crippen LogP contribution in [0.25, 0.3) is 0 Å². The molecule has 0 saturated carbocycles. The van der Waals surface area contributed by atoms with Crippen molar-refractivity contribution >= 4 is 10.0 Å². The van der Waals surface area contributed by atoms with Gasteiger partial charge >= 0.3 is 0 Å². The molecule has 1 aliphatic heterocycles. The third-order valence-corrected chi connectivity index (χ3v) is 5.47. The van der Waals surface area contributed by atoms with E-state index in [1.54, 1.807) is 16.4 Å². The second-order valence-corrected chi connectivity index (χ2v) is 7.64. The van der Waals surface area contributed by atoms with Crippen molar-refractivity contribution in [1.29, 1.82) is 0 Å². The van der Waals surface area contributed by atoms with E-state index in [2.05, 4.69) is 12.2 Å². The molecular weight excluding hydrogens is 291 g/mol. The van der Waals surface area contributed by atoms with Gasteiger partial charge in [0.25, 0.3) is 0 Å². The van der Waals surface area contributed by atoms with Crippen molar-refractivity contribution in [3.63, 3.8) is 0 Å². The first-order chi connectivity index (χ1) is 9.91. The number of piperidine rings is 1. The highest BCUT2D eigenvalue weighted by Gasteiger charge is 2.31. The average molecular weight is 314 g/mol. The van der Waals surface area contributed by atoms with E-state index >= 15 is 0 Å². The molecule has 4 nitrogen and oxygen atoms in total. The zero-order chi connectivity index (χ0) is 15.5. The summed E-state index contributed by atoms with van der Waals surface area (Å²) in [7, 11) is -3.12. The Morgan fingerprint density at radius 2 is 2.10 bits per heavy atom. The monoisotopic (exact) mass is 314 g/mol. The van der Waals surface area contributed by atoms with Crippen molar-refractivity contribution in [2.45, 2.75) is 32.4 Å². The van der Waals surface area contributed by atoms with Gasteiger partial charge in [-0.2, -0.15) is 0 Å². The van der Waals surface area contributed by atoms with E-state index in [-0.39, 0.29) is 17.8 Å². The van der Waals surface area contributed by atoms with E-state index in [4.69, 9.17) is 0 Å². The molecule has 0 amide bonds. The maximum absolute atomic E-state index is 13.6. The van der Waals surface area contributed by atoms with Crippen LogP contribution in [0, 0.1) is 11.7 Å². The van der Waals surface area contributed by atoms with Crippen LogP contribution in [0.3, 0.4) is 0 Å². The number of halogens is 1. The van der Waals surface area contributed by atoms with E-state index in [1.165, 1.54) is 12.3 Å². The highest BCUT2D eigenvalue weighted by molar-refractivity contribution is 7.88. The van der Waals surface area contributed by atoms with Gasteiger partial charge in [-0.3, -0.25) is 0 Å². The fourth-order valence-electron chi connectivity index (χ4n) is 2.87. The Morgan fingerprint density at radius 3 is 2.71 bits per heavy atom. The summed E-state index contributed by atoms with van der Waals surface area (Å²) in [4.78, 5) is 0. The molecule has 6 heteroatoms. The molecule has 2 atom stereocenters. The second-order valence-electron chi connectivity index (χ2n) is 5.66. The molecule has 0 aliphatic carbocycles.